The Balaban J connectivity index is 2.62. The normalized spacial score (nSPS) is 32.0. The highest BCUT2D eigenvalue weighted by atomic mass is 15.3. The van der Waals surface area contributed by atoms with Gasteiger partial charge in [0.1, 0.15) is 0 Å². The van der Waals surface area contributed by atoms with E-state index in [0.717, 1.165) is 0 Å². The van der Waals surface area contributed by atoms with E-state index in [1.807, 2.05) is 4.90 Å². The summed E-state index contributed by atoms with van der Waals surface area (Å²) in [6.07, 6.45) is 3.61. The summed E-state index contributed by atoms with van der Waals surface area (Å²) in [4.78, 5) is 2.00. The van der Waals surface area contributed by atoms with Crippen LogP contribution in [0.2, 0.25) is 0 Å². The average molecular weight is 155 g/mol. The standard InChI is InChI=1S/C8H17N3/c1-6-4-3-5-7(2)11(6)8(9)10/h6-7H,3-5H2,1-2H3,(H3,9,10). The summed E-state index contributed by atoms with van der Waals surface area (Å²) in [6, 6.07) is 0.910. The highest BCUT2D eigenvalue weighted by molar-refractivity contribution is 5.75. The van der Waals surface area contributed by atoms with Crippen LogP contribution in [0.25, 0.3) is 0 Å². The maximum atomic E-state index is 7.35. The predicted molar refractivity (Wildman–Crippen MR) is 46.5 cm³/mol. The quantitative estimate of drug-likeness (QED) is 0.407. The topological polar surface area (TPSA) is 53.1 Å². The first kappa shape index (κ1) is 8.37. The Labute approximate surface area is 68.1 Å². The minimum Gasteiger partial charge on any atom is -0.370 e. The van der Waals surface area contributed by atoms with Crippen molar-refractivity contribution in [2.24, 2.45) is 5.73 Å². The van der Waals surface area contributed by atoms with Gasteiger partial charge in [-0.2, -0.15) is 0 Å². The van der Waals surface area contributed by atoms with Crippen molar-refractivity contribution in [1.29, 1.82) is 5.41 Å². The van der Waals surface area contributed by atoms with E-state index in [2.05, 4.69) is 13.8 Å². The lowest BCUT2D eigenvalue weighted by molar-refractivity contribution is 0.188. The Morgan fingerprint density at radius 2 is 1.82 bits per heavy atom. The molecular formula is C8H17N3. The lowest BCUT2D eigenvalue weighted by Gasteiger charge is -2.39. The fraction of sp³-hybridized carbons (Fsp3) is 0.875. The molecule has 11 heavy (non-hydrogen) atoms. The van der Waals surface area contributed by atoms with Crippen LogP contribution in [0.5, 0.6) is 0 Å². The van der Waals surface area contributed by atoms with Crippen molar-refractivity contribution < 1.29 is 0 Å². The molecule has 0 amide bonds. The molecule has 0 bridgehead atoms. The van der Waals surface area contributed by atoms with Crippen molar-refractivity contribution in [2.45, 2.75) is 45.2 Å². The summed E-state index contributed by atoms with van der Waals surface area (Å²) in [5.74, 6) is 0.227. The second-order valence-electron chi connectivity index (χ2n) is 3.42. The fourth-order valence-electron chi connectivity index (χ4n) is 1.90. The molecule has 3 heteroatoms. The molecule has 1 heterocycles. The largest absolute Gasteiger partial charge is 0.370 e. The van der Waals surface area contributed by atoms with Gasteiger partial charge in [-0.3, -0.25) is 5.41 Å². The van der Waals surface area contributed by atoms with Crippen molar-refractivity contribution in [3.05, 3.63) is 0 Å². The molecule has 1 saturated heterocycles. The molecule has 1 fully saturated rings. The van der Waals surface area contributed by atoms with E-state index < -0.39 is 0 Å². The van der Waals surface area contributed by atoms with E-state index in [9.17, 15) is 0 Å². The van der Waals surface area contributed by atoms with E-state index in [1.54, 1.807) is 0 Å². The Hall–Kier alpha value is -0.730. The maximum absolute atomic E-state index is 7.35. The van der Waals surface area contributed by atoms with Crippen molar-refractivity contribution in [1.82, 2.24) is 4.90 Å². The van der Waals surface area contributed by atoms with Crippen LogP contribution in [-0.4, -0.2) is 22.9 Å². The number of piperidine rings is 1. The summed E-state index contributed by atoms with van der Waals surface area (Å²) in [5, 5.41) is 7.35. The molecule has 0 aromatic heterocycles. The van der Waals surface area contributed by atoms with Gasteiger partial charge in [0.2, 0.25) is 0 Å². The van der Waals surface area contributed by atoms with Gasteiger partial charge < -0.3 is 10.6 Å². The maximum Gasteiger partial charge on any atom is 0.188 e. The molecule has 0 saturated carbocycles. The van der Waals surface area contributed by atoms with Gasteiger partial charge in [0.05, 0.1) is 0 Å². The third-order valence-corrected chi connectivity index (χ3v) is 2.47. The molecule has 1 rings (SSSR count). The number of hydrogen-bond acceptors (Lipinski definition) is 1. The highest BCUT2D eigenvalue weighted by Crippen LogP contribution is 2.21. The Morgan fingerprint density at radius 1 is 1.36 bits per heavy atom. The van der Waals surface area contributed by atoms with Gasteiger partial charge in [-0.1, -0.05) is 0 Å². The molecule has 2 unspecified atom stereocenters. The summed E-state index contributed by atoms with van der Waals surface area (Å²) in [7, 11) is 0. The molecule has 3 N–H and O–H groups in total. The second-order valence-corrected chi connectivity index (χ2v) is 3.42. The zero-order valence-corrected chi connectivity index (χ0v) is 7.30. The monoisotopic (exact) mass is 155 g/mol. The third-order valence-electron chi connectivity index (χ3n) is 2.47. The molecule has 1 aliphatic rings. The zero-order valence-electron chi connectivity index (χ0n) is 7.30. The average Bonchev–Trinajstić information content (AvgIpc) is 1.85. The molecular weight excluding hydrogens is 138 g/mol. The van der Waals surface area contributed by atoms with Gasteiger partial charge in [-0.25, -0.2) is 0 Å². The SMILES string of the molecule is CC1CCCC(C)N1C(=N)N. The Kier molecular flexibility index (Phi) is 2.37. The molecule has 0 aromatic carbocycles. The van der Waals surface area contributed by atoms with E-state index in [4.69, 9.17) is 11.1 Å². The number of nitrogens with zero attached hydrogens (tertiary/aromatic N) is 1. The van der Waals surface area contributed by atoms with Gasteiger partial charge in [-0.05, 0) is 33.1 Å². The number of nitrogens with one attached hydrogen (secondary N) is 1. The van der Waals surface area contributed by atoms with E-state index >= 15 is 0 Å². The second kappa shape index (κ2) is 3.11. The van der Waals surface area contributed by atoms with Crippen LogP contribution in [0.4, 0.5) is 0 Å². The van der Waals surface area contributed by atoms with Crippen LogP contribution in [0, 0.1) is 5.41 Å². The van der Waals surface area contributed by atoms with Crippen molar-refractivity contribution in [2.75, 3.05) is 0 Å². The molecule has 0 aromatic rings. The van der Waals surface area contributed by atoms with Gasteiger partial charge in [-0.15, -0.1) is 0 Å². The third kappa shape index (κ3) is 1.64. The minimum absolute atomic E-state index is 0.227. The summed E-state index contributed by atoms with van der Waals surface area (Å²) < 4.78 is 0. The number of nitrogens with two attached hydrogens (primary N) is 1. The van der Waals surface area contributed by atoms with Crippen LogP contribution in [0.15, 0.2) is 0 Å². The minimum atomic E-state index is 0.227. The first-order valence-electron chi connectivity index (χ1n) is 4.25. The van der Waals surface area contributed by atoms with Crippen LogP contribution in [0.3, 0.4) is 0 Å². The number of rotatable bonds is 0. The van der Waals surface area contributed by atoms with Crippen molar-refractivity contribution >= 4 is 5.96 Å². The number of likely N-dealkylation sites (tertiary alicyclic amines) is 1. The summed E-state index contributed by atoms with van der Waals surface area (Å²) in [5.41, 5.74) is 5.46. The van der Waals surface area contributed by atoms with Crippen LogP contribution >= 0.6 is 0 Å². The first-order chi connectivity index (χ1) is 5.13. The number of hydrogen-bond donors (Lipinski definition) is 2. The molecule has 1 aliphatic heterocycles. The molecule has 0 spiro atoms. The van der Waals surface area contributed by atoms with Crippen molar-refractivity contribution in [3.8, 4) is 0 Å². The fourth-order valence-corrected chi connectivity index (χ4v) is 1.90. The van der Waals surface area contributed by atoms with Crippen LogP contribution < -0.4 is 5.73 Å². The van der Waals surface area contributed by atoms with E-state index in [1.165, 1.54) is 19.3 Å². The summed E-state index contributed by atoms with van der Waals surface area (Å²) in [6.45, 7) is 4.27. The smallest absolute Gasteiger partial charge is 0.188 e. The highest BCUT2D eigenvalue weighted by Gasteiger charge is 2.24. The van der Waals surface area contributed by atoms with Crippen LogP contribution in [-0.2, 0) is 0 Å². The zero-order chi connectivity index (χ0) is 8.43. The van der Waals surface area contributed by atoms with Gasteiger partial charge in [0, 0.05) is 12.1 Å². The van der Waals surface area contributed by atoms with E-state index in [0.29, 0.717) is 12.1 Å². The molecule has 0 aliphatic carbocycles. The van der Waals surface area contributed by atoms with Crippen LogP contribution in [0.1, 0.15) is 33.1 Å². The molecule has 2 atom stereocenters. The van der Waals surface area contributed by atoms with Crippen molar-refractivity contribution in [3.63, 3.8) is 0 Å². The molecule has 0 radical (unpaired) electrons. The Morgan fingerprint density at radius 3 is 2.09 bits per heavy atom. The predicted octanol–water partition coefficient (Wildman–Crippen LogP) is 1.14. The summed E-state index contributed by atoms with van der Waals surface area (Å²) >= 11 is 0. The lowest BCUT2D eigenvalue weighted by atomic mass is 9.98. The Bertz CT molecular complexity index is 145. The number of guanidine groups is 1. The lowest BCUT2D eigenvalue weighted by Crippen LogP contribution is -2.50. The van der Waals surface area contributed by atoms with Gasteiger partial charge in [0.25, 0.3) is 0 Å². The first-order valence-corrected chi connectivity index (χ1v) is 4.25. The molecule has 3 nitrogen and oxygen atoms in total. The van der Waals surface area contributed by atoms with Gasteiger partial charge >= 0.3 is 0 Å². The molecule has 64 valence electrons. The van der Waals surface area contributed by atoms with Gasteiger partial charge in [0.15, 0.2) is 5.96 Å². The van der Waals surface area contributed by atoms with E-state index in [-0.39, 0.29) is 5.96 Å².